The van der Waals surface area contributed by atoms with Gasteiger partial charge in [-0.05, 0) is 74.5 Å². The number of nitrogens with one attached hydrogen (secondary N) is 2. The Kier molecular flexibility index (Phi) is 5.39. The number of ether oxygens (including phenoxy) is 1. The van der Waals surface area contributed by atoms with Gasteiger partial charge in [0.25, 0.3) is 0 Å². The van der Waals surface area contributed by atoms with E-state index in [1.807, 2.05) is 12.1 Å². The van der Waals surface area contributed by atoms with Gasteiger partial charge in [0, 0.05) is 10.6 Å². The minimum Gasteiger partial charge on any atom is -0.465 e. The zero-order chi connectivity index (χ0) is 18.0. The number of hydrogen-bond acceptors (Lipinski definition) is 4. The summed E-state index contributed by atoms with van der Waals surface area (Å²) in [4.78, 5) is 13.6. The van der Waals surface area contributed by atoms with Crippen LogP contribution in [-0.4, -0.2) is 18.2 Å². The van der Waals surface area contributed by atoms with Crippen LogP contribution in [0.1, 0.15) is 44.8 Å². The summed E-state index contributed by atoms with van der Waals surface area (Å²) < 4.78 is 5.00. The molecule has 1 heterocycles. The van der Waals surface area contributed by atoms with Crippen LogP contribution in [0, 0.1) is 13.8 Å². The maximum atomic E-state index is 12.3. The summed E-state index contributed by atoms with van der Waals surface area (Å²) in [6.07, 6.45) is 4.22. The van der Waals surface area contributed by atoms with Crippen LogP contribution in [0.15, 0.2) is 18.2 Å². The molecule has 3 rings (SSSR count). The van der Waals surface area contributed by atoms with E-state index in [2.05, 4.69) is 30.5 Å². The third kappa shape index (κ3) is 3.70. The van der Waals surface area contributed by atoms with Crippen LogP contribution in [0.3, 0.4) is 0 Å². The van der Waals surface area contributed by atoms with E-state index < -0.39 is 0 Å². The topological polar surface area (TPSA) is 50.4 Å². The predicted octanol–water partition coefficient (Wildman–Crippen LogP) is 4.84. The second kappa shape index (κ2) is 7.54. The Morgan fingerprint density at radius 2 is 1.96 bits per heavy atom. The summed E-state index contributed by atoms with van der Waals surface area (Å²) in [6.45, 7) is 4.13. The number of anilines is 2. The standard InChI is InChI=1S/C19H22N2O2S2/c1-11-7-6-9-14(12(11)2)20-19(24)21-17-16(18(22)23-3)13-8-4-5-10-15(13)25-17/h6-7,9H,4-5,8,10H2,1-3H3,(H2,20,21,24). The highest BCUT2D eigenvalue weighted by Crippen LogP contribution is 2.38. The van der Waals surface area contributed by atoms with Gasteiger partial charge in [-0.3, -0.25) is 0 Å². The average Bonchev–Trinajstić information content (AvgIpc) is 2.96. The van der Waals surface area contributed by atoms with Gasteiger partial charge in [-0.2, -0.15) is 0 Å². The van der Waals surface area contributed by atoms with Crippen molar-refractivity contribution < 1.29 is 9.53 Å². The van der Waals surface area contributed by atoms with Crippen molar-refractivity contribution in [1.29, 1.82) is 0 Å². The summed E-state index contributed by atoms with van der Waals surface area (Å²) in [7, 11) is 1.42. The highest BCUT2D eigenvalue weighted by atomic mass is 32.1. The maximum Gasteiger partial charge on any atom is 0.341 e. The minimum atomic E-state index is -0.295. The lowest BCUT2D eigenvalue weighted by atomic mass is 9.95. The van der Waals surface area contributed by atoms with Crippen molar-refractivity contribution >= 4 is 45.3 Å². The lowest BCUT2D eigenvalue weighted by molar-refractivity contribution is 0.0601. The van der Waals surface area contributed by atoms with E-state index in [0.717, 1.165) is 41.1 Å². The number of esters is 1. The van der Waals surface area contributed by atoms with Crippen LogP contribution < -0.4 is 10.6 Å². The maximum absolute atomic E-state index is 12.3. The Labute approximate surface area is 157 Å². The number of rotatable bonds is 3. The molecule has 1 aliphatic carbocycles. The molecule has 0 atom stereocenters. The van der Waals surface area contributed by atoms with Crippen molar-refractivity contribution in [3.05, 3.63) is 45.3 Å². The molecule has 2 aromatic rings. The van der Waals surface area contributed by atoms with E-state index in [9.17, 15) is 4.79 Å². The molecule has 1 aromatic heterocycles. The number of benzene rings is 1. The van der Waals surface area contributed by atoms with Crippen LogP contribution >= 0.6 is 23.6 Å². The zero-order valence-corrected chi connectivity index (χ0v) is 16.3. The van der Waals surface area contributed by atoms with Crippen LogP contribution in [0.2, 0.25) is 0 Å². The zero-order valence-electron chi connectivity index (χ0n) is 14.7. The normalized spacial score (nSPS) is 13.1. The quantitative estimate of drug-likeness (QED) is 0.595. The molecule has 1 aromatic carbocycles. The van der Waals surface area contributed by atoms with Gasteiger partial charge < -0.3 is 15.4 Å². The SMILES string of the molecule is COC(=O)c1c(NC(=S)Nc2cccc(C)c2C)sc2c1CCCC2. The number of aryl methyl sites for hydroxylation is 2. The first kappa shape index (κ1) is 17.9. The second-order valence-electron chi connectivity index (χ2n) is 6.23. The van der Waals surface area contributed by atoms with E-state index >= 15 is 0 Å². The van der Waals surface area contributed by atoms with Crippen molar-refractivity contribution in [2.45, 2.75) is 39.5 Å². The molecule has 0 fully saturated rings. The highest BCUT2D eigenvalue weighted by Gasteiger charge is 2.26. The highest BCUT2D eigenvalue weighted by molar-refractivity contribution is 7.80. The van der Waals surface area contributed by atoms with E-state index in [0.29, 0.717) is 10.7 Å². The van der Waals surface area contributed by atoms with Gasteiger partial charge in [-0.15, -0.1) is 11.3 Å². The predicted molar refractivity (Wildman–Crippen MR) is 108 cm³/mol. The number of methoxy groups -OCH3 is 1. The van der Waals surface area contributed by atoms with E-state index in [4.69, 9.17) is 17.0 Å². The molecule has 0 unspecified atom stereocenters. The summed E-state index contributed by atoms with van der Waals surface area (Å²) in [5.74, 6) is -0.295. The second-order valence-corrected chi connectivity index (χ2v) is 7.75. The summed E-state index contributed by atoms with van der Waals surface area (Å²) >= 11 is 7.09. The molecule has 0 bridgehead atoms. The minimum absolute atomic E-state index is 0.295. The Balaban J connectivity index is 1.84. The fourth-order valence-electron chi connectivity index (χ4n) is 3.12. The fraction of sp³-hybridized carbons (Fsp3) is 0.368. The molecule has 0 saturated carbocycles. The van der Waals surface area contributed by atoms with Crippen molar-refractivity contribution in [2.75, 3.05) is 17.7 Å². The van der Waals surface area contributed by atoms with Crippen LogP contribution in [0.4, 0.5) is 10.7 Å². The van der Waals surface area contributed by atoms with Crippen LogP contribution in [-0.2, 0) is 17.6 Å². The number of hydrogen-bond donors (Lipinski definition) is 2. The molecule has 0 amide bonds. The van der Waals surface area contributed by atoms with Crippen LogP contribution in [0.25, 0.3) is 0 Å². The molecule has 2 N–H and O–H groups in total. The molecule has 1 aliphatic rings. The van der Waals surface area contributed by atoms with Crippen LogP contribution in [0.5, 0.6) is 0 Å². The number of carbonyl (C=O) groups excluding carboxylic acids is 1. The Bertz CT molecular complexity index is 827. The first-order valence-corrected chi connectivity index (χ1v) is 9.60. The molecule has 0 spiro atoms. The number of fused-ring (bicyclic) bond motifs is 1. The van der Waals surface area contributed by atoms with Gasteiger partial charge in [0.2, 0.25) is 0 Å². The Hall–Kier alpha value is -1.92. The monoisotopic (exact) mass is 374 g/mol. The molecule has 6 heteroatoms. The fourth-order valence-corrected chi connectivity index (χ4v) is 4.67. The molecular formula is C19H22N2O2S2. The van der Waals surface area contributed by atoms with Gasteiger partial charge in [0.1, 0.15) is 5.00 Å². The van der Waals surface area contributed by atoms with Gasteiger partial charge in [0.15, 0.2) is 5.11 Å². The summed E-state index contributed by atoms with van der Waals surface area (Å²) in [5, 5.41) is 7.72. The van der Waals surface area contributed by atoms with Crippen molar-refractivity contribution in [1.82, 2.24) is 0 Å². The Morgan fingerprint density at radius 3 is 2.72 bits per heavy atom. The van der Waals surface area contributed by atoms with Gasteiger partial charge in [-0.25, -0.2) is 4.79 Å². The summed E-state index contributed by atoms with van der Waals surface area (Å²) in [6, 6.07) is 6.06. The van der Waals surface area contributed by atoms with Crippen molar-refractivity contribution in [3.8, 4) is 0 Å². The molecule has 25 heavy (non-hydrogen) atoms. The van der Waals surface area contributed by atoms with E-state index in [1.54, 1.807) is 11.3 Å². The van der Waals surface area contributed by atoms with Gasteiger partial charge >= 0.3 is 5.97 Å². The molecule has 0 saturated heterocycles. The molecular weight excluding hydrogens is 352 g/mol. The molecule has 0 aliphatic heterocycles. The first-order valence-electron chi connectivity index (χ1n) is 8.38. The Morgan fingerprint density at radius 1 is 1.20 bits per heavy atom. The lowest BCUT2D eigenvalue weighted by Gasteiger charge is -2.14. The van der Waals surface area contributed by atoms with Gasteiger partial charge in [0.05, 0.1) is 12.7 Å². The number of thiocarbonyl (C=S) groups is 1. The third-order valence-electron chi connectivity index (χ3n) is 4.64. The van der Waals surface area contributed by atoms with E-state index in [1.165, 1.54) is 24.0 Å². The number of thiophene rings is 1. The van der Waals surface area contributed by atoms with Crippen molar-refractivity contribution in [2.24, 2.45) is 0 Å². The smallest absolute Gasteiger partial charge is 0.341 e. The average molecular weight is 375 g/mol. The number of carbonyl (C=O) groups is 1. The summed E-state index contributed by atoms with van der Waals surface area (Å²) in [5.41, 5.74) is 5.10. The molecule has 132 valence electrons. The van der Waals surface area contributed by atoms with Crippen molar-refractivity contribution in [3.63, 3.8) is 0 Å². The van der Waals surface area contributed by atoms with E-state index in [-0.39, 0.29) is 5.97 Å². The van der Waals surface area contributed by atoms with Gasteiger partial charge in [-0.1, -0.05) is 12.1 Å². The molecule has 4 nitrogen and oxygen atoms in total. The first-order chi connectivity index (χ1) is 12.0. The molecule has 0 radical (unpaired) electrons. The lowest BCUT2D eigenvalue weighted by Crippen LogP contribution is -2.21. The largest absolute Gasteiger partial charge is 0.465 e. The third-order valence-corrected chi connectivity index (χ3v) is 6.05.